The first-order valence-corrected chi connectivity index (χ1v) is 7.56. The van der Waals surface area contributed by atoms with Crippen molar-refractivity contribution in [2.75, 3.05) is 5.32 Å². The molecule has 1 aromatic carbocycles. The van der Waals surface area contributed by atoms with E-state index in [1.165, 1.54) is 5.56 Å². The molecule has 3 rings (SSSR count). The van der Waals surface area contributed by atoms with Crippen LogP contribution in [0.4, 0.5) is 10.5 Å². The highest BCUT2D eigenvalue weighted by atomic mass is 16.6. The number of hydrogen-bond donors (Lipinski definition) is 1. The summed E-state index contributed by atoms with van der Waals surface area (Å²) in [5.41, 5.74) is 4.34. The number of Topliss-reactive ketones (excluding diaryl/α,β-unsaturated/α-hetero) is 1. The van der Waals surface area contributed by atoms with E-state index in [0.717, 1.165) is 36.8 Å². The molecule has 0 atom stereocenters. The molecular weight excluding hydrogens is 266 g/mol. The predicted molar refractivity (Wildman–Crippen MR) is 81.0 cm³/mol. The summed E-state index contributed by atoms with van der Waals surface area (Å²) in [4.78, 5) is 24.3. The zero-order valence-electron chi connectivity index (χ0n) is 12.8. The number of anilines is 1. The molecule has 0 spiro atoms. The molecule has 0 saturated heterocycles. The summed E-state index contributed by atoms with van der Waals surface area (Å²) < 4.78 is 5.34. The lowest BCUT2D eigenvalue weighted by atomic mass is 9.98. The van der Waals surface area contributed by atoms with E-state index in [2.05, 4.69) is 11.4 Å². The minimum atomic E-state index is -0.546. The van der Waals surface area contributed by atoms with Gasteiger partial charge in [0, 0.05) is 12.0 Å². The number of rotatable bonds is 1. The topological polar surface area (TPSA) is 55.4 Å². The molecule has 2 aliphatic rings. The normalized spacial score (nSPS) is 16.6. The van der Waals surface area contributed by atoms with Crippen LogP contribution in [0.5, 0.6) is 0 Å². The monoisotopic (exact) mass is 287 g/mol. The lowest BCUT2D eigenvalue weighted by molar-refractivity contribution is 0.0636. The molecule has 0 aliphatic heterocycles. The van der Waals surface area contributed by atoms with Gasteiger partial charge in [0.05, 0.1) is 5.69 Å². The molecule has 1 aromatic rings. The Labute approximate surface area is 124 Å². The highest BCUT2D eigenvalue weighted by molar-refractivity contribution is 6.08. The second kappa shape index (κ2) is 4.86. The van der Waals surface area contributed by atoms with Crippen molar-refractivity contribution in [3.8, 4) is 0 Å². The van der Waals surface area contributed by atoms with Crippen molar-refractivity contribution < 1.29 is 14.3 Å². The quantitative estimate of drug-likeness (QED) is 0.857. The number of aryl methyl sites for hydroxylation is 2. The third kappa shape index (κ3) is 2.67. The van der Waals surface area contributed by atoms with Gasteiger partial charge in [-0.2, -0.15) is 0 Å². The minimum absolute atomic E-state index is 0.130. The fourth-order valence-electron chi connectivity index (χ4n) is 3.24. The van der Waals surface area contributed by atoms with Gasteiger partial charge >= 0.3 is 6.09 Å². The van der Waals surface area contributed by atoms with E-state index in [-0.39, 0.29) is 5.78 Å². The van der Waals surface area contributed by atoms with E-state index in [0.29, 0.717) is 17.7 Å². The molecule has 1 amide bonds. The smallest absolute Gasteiger partial charge is 0.412 e. The first kappa shape index (κ1) is 14.1. The standard InChI is InChI=1S/C17H21NO3/c1-17(2,3)21-16(20)18-15-12-6-4-5-10(12)9-11-7-8-13(19)14(11)15/h9H,4-8H2,1-3H3,(H,18,20). The van der Waals surface area contributed by atoms with Gasteiger partial charge in [-0.25, -0.2) is 4.79 Å². The molecule has 0 saturated carbocycles. The number of nitrogens with one attached hydrogen (secondary N) is 1. The molecule has 112 valence electrons. The number of ether oxygens (including phenoxy) is 1. The van der Waals surface area contributed by atoms with Crippen LogP contribution in [0.1, 0.15) is 60.7 Å². The molecule has 1 N–H and O–H groups in total. The maximum atomic E-state index is 12.2. The molecule has 2 aliphatic carbocycles. The fourth-order valence-corrected chi connectivity index (χ4v) is 3.24. The van der Waals surface area contributed by atoms with Gasteiger partial charge in [-0.1, -0.05) is 6.07 Å². The molecule has 0 unspecified atom stereocenters. The Morgan fingerprint density at radius 1 is 1.14 bits per heavy atom. The maximum absolute atomic E-state index is 12.2. The van der Waals surface area contributed by atoms with Crippen molar-refractivity contribution in [2.45, 2.75) is 58.5 Å². The molecule has 0 heterocycles. The molecular formula is C17H21NO3. The number of ketones is 1. The van der Waals surface area contributed by atoms with Crippen molar-refractivity contribution in [1.29, 1.82) is 0 Å². The summed E-state index contributed by atoms with van der Waals surface area (Å²) in [5.74, 6) is 0.130. The van der Waals surface area contributed by atoms with Gasteiger partial charge < -0.3 is 4.74 Å². The van der Waals surface area contributed by atoms with Crippen molar-refractivity contribution in [3.63, 3.8) is 0 Å². The highest BCUT2D eigenvalue weighted by Gasteiger charge is 2.30. The average Bonchev–Trinajstić information content (AvgIpc) is 2.94. The van der Waals surface area contributed by atoms with Crippen LogP contribution in [0, 0.1) is 0 Å². The molecule has 4 nitrogen and oxygen atoms in total. The van der Waals surface area contributed by atoms with Gasteiger partial charge in [-0.05, 0) is 63.1 Å². The molecule has 0 bridgehead atoms. The Balaban J connectivity index is 1.98. The average molecular weight is 287 g/mol. The van der Waals surface area contributed by atoms with Crippen LogP contribution >= 0.6 is 0 Å². The van der Waals surface area contributed by atoms with Gasteiger partial charge in [0.2, 0.25) is 0 Å². The Bertz CT molecular complexity index is 626. The lowest BCUT2D eigenvalue weighted by Gasteiger charge is -2.21. The second-order valence-electron chi connectivity index (χ2n) is 6.83. The van der Waals surface area contributed by atoms with Gasteiger partial charge in [-0.15, -0.1) is 0 Å². The molecule has 4 heteroatoms. The zero-order chi connectivity index (χ0) is 15.2. The summed E-state index contributed by atoms with van der Waals surface area (Å²) in [5, 5.41) is 2.85. The number of amides is 1. The number of carbonyl (C=O) groups is 2. The first-order valence-electron chi connectivity index (χ1n) is 7.56. The molecule has 0 fully saturated rings. The van der Waals surface area contributed by atoms with E-state index in [9.17, 15) is 9.59 Å². The van der Waals surface area contributed by atoms with Crippen LogP contribution in [0.3, 0.4) is 0 Å². The van der Waals surface area contributed by atoms with E-state index in [4.69, 9.17) is 4.74 Å². The van der Waals surface area contributed by atoms with Crippen LogP contribution in [0.15, 0.2) is 6.07 Å². The predicted octanol–water partition coefficient (Wildman–Crippen LogP) is 3.65. The number of fused-ring (bicyclic) bond motifs is 2. The largest absolute Gasteiger partial charge is 0.444 e. The van der Waals surface area contributed by atoms with Gasteiger partial charge in [-0.3, -0.25) is 10.1 Å². The summed E-state index contributed by atoms with van der Waals surface area (Å²) in [6.45, 7) is 5.49. The SMILES string of the molecule is CC(C)(C)OC(=O)Nc1c2c(cc3c1C(=O)CC3)CCC2. The lowest BCUT2D eigenvalue weighted by Crippen LogP contribution is -2.28. The second-order valence-corrected chi connectivity index (χ2v) is 6.83. The third-order valence-corrected chi connectivity index (χ3v) is 4.01. The maximum Gasteiger partial charge on any atom is 0.412 e. The Kier molecular flexibility index (Phi) is 3.27. The summed E-state index contributed by atoms with van der Waals surface area (Å²) in [7, 11) is 0. The van der Waals surface area contributed by atoms with Crippen LogP contribution in [-0.2, 0) is 24.0 Å². The van der Waals surface area contributed by atoms with Crippen LogP contribution in [0.2, 0.25) is 0 Å². The number of benzene rings is 1. The fraction of sp³-hybridized carbons (Fsp3) is 0.529. The van der Waals surface area contributed by atoms with Crippen molar-refractivity contribution in [1.82, 2.24) is 0 Å². The molecule has 0 aromatic heterocycles. The minimum Gasteiger partial charge on any atom is -0.444 e. The van der Waals surface area contributed by atoms with Gasteiger partial charge in [0.15, 0.2) is 5.78 Å². The first-order chi connectivity index (χ1) is 9.85. The van der Waals surface area contributed by atoms with E-state index < -0.39 is 11.7 Å². The van der Waals surface area contributed by atoms with Crippen LogP contribution in [-0.4, -0.2) is 17.5 Å². The van der Waals surface area contributed by atoms with Crippen LogP contribution < -0.4 is 5.32 Å². The summed E-state index contributed by atoms with van der Waals surface area (Å²) >= 11 is 0. The highest BCUT2D eigenvalue weighted by Crippen LogP contribution is 2.38. The number of hydrogen-bond acceptors (Lipinski definition) is 3. The van der Waals surface area contributed by atoms with E-state index >= 15 is 0 Å². The van der Waals surface area contributed by atoms with Crippen LogP contribution in [0.25, 0.3) is 0 Å². The zero-order valence-corrected chi connectivity index (χ0v) is 12.8. The third-order valence-electron chi connectivity index (χ3n) is 4.01. The molecule has 0 radical (unpaired) electrons. The Morgan fingerprint density at radius 3 is 2.62 bits per heavy atom. The summed E-state index contributed by atoms with van der Waals surface area (Å²) in [6.07, 6.45) is 3.87. The Morgan fingerprint density at radius 2 is 1.90 bits per heavy atom. The van der Waals surface area contributed by atoms with Crippen molar-refractivity contribution in [2.24, 2.45) is 0 Å². The summed E-state index contributed by atoms with van der Waals surface area (Å²) in [6, 6.07) is 2.16. The van der Waals surface area contributed by atoms with Crippen molar-refractivity contribution in [3.05, 3.63) is 28.3 Å². The van der Waals surface area contributed by atoms with Gasteiger partial charge in [0.25, 0.3) is 0 Å². The van der Waals surface area contributed by atoms with E-state index in [1.54, 1.807) is 0 Å². The number of carbonyl (C=O) groups excluding carboxylic acids is 2. The van der Waals surface area contributed by atoms with Gasteiger partial charge in [0.1, 0.15) is 5.60 Å². The van der Waals surface area contributed by atoms with E-state index in [1.807, 2.05) is 20.8 Å². The molecule has 21 heavy (non-hydrogen) atoms. The van der Waals surface area contributed by atoms with Crippen molar-refractivity contribution >= 4 is 17.6 Å². The Hall–Kier alpha value is -1.84.